The van der Waals surface area contributed by atoms with E-state index in [1.54, 1.807) is 19.4 Å². The lowest BCUT2D eigenvalue weighted by molar-refractivity contribution is -0.143. The van der Waals surface area contributed by atoms with Crippen LogP contribution in [0.15, 0.2) is 48.7 Å². The number of nitrogens with zero attached hydrogens (tertiary/aromatic N) is 2. The van der Waals surface area contributed by atoms with Gasteiger partial charge in [0.25, 0.3) is 0 Å². The maximum absolute atomic E-state index is 14.6. The molecule has 2 atom stereocenters. The van der Waals surface area contributed by atoms with Crippen molar-refractivity contribution in [3.8, 4) is 5.75 Å². The lowest BCUT2D eigenvalue weighted by Gasteiger charge is -2.40. The normalized spacial score (nSPS) is 22.0. The van der Waals surface area contributed by atoms with Gasteiger partial charge >= 0.3 is 0 Å². The first-order valence-electron chi connectivity index (χ1n) is 11.8. The quantitative estimate of drug-likeness (QED) is 0.588. The molecule has 2 N–H and O–H groups in total. The smallest absolute Gasteiger partial charge is 0.248 e. The number of H-pyrrole nitrogens is 1. The van der Waals surface area contributed by atoms with E-state index < -0.39 is 23.5 Å². The number of halogens is 1. The van der Waals surface area contributed by atoms with Gasteiger partial charge in [0.05, 0.1) is 30.1 Å². The number of aromatic amines is 1. The van der Waals surface area contributed by atoms with Crippen LogP contribution in [0.3, 0.4) is 0 Å². The highest BCUT2D eigenvalue weighted by Gasteiger charge is 2.49. The molecular weight excluding hydrogens is 435 g/mol. The summed E-state index contributed by atoms with van der Waals surface area (Å²) in [5.74, 6) is 0.536. The SMILES string of the molecule is COc1ccc(C2(C(=O)N3C[C@H](F)C[C@@H]3C(=O)Nc3ccc4[nH]ccc4n3)CCCCC2)cc1. The van der Waals surface area contributed by atoms with Crippen LogP contribution in [0.4, 0.5) is 10.2 Å². The minimum Gasteiger partial charge on any atom is -0.497 e. The van der Waals surface area contributed by atoms with Crippen LogP contribution in [0, 0.1) is 0 Å². The number of fused-ring (bicyclic) bond motifs is 1. The molecule has 2 amide bonds. The van der Waals surface area contributed by atoms with Gasteiger partial charge in [0.15, 0.2) is 0 Å². The van der Waals surface area contributed by atoms with Gasteiger partial charge in [-0.05, 0) is 48.7 Å². The molecule has 0 spiro atoms. The molecule has 0 radical (unpaired) electrons. The number of hydrogen-bond acceptors (Lipinski definition) is 4. The molecule has 1 saturated heterocycles. The molecule has 0 unspecified atom stereocenters. The van der Waals surface area contributed by atoms with Crippen LogP contribution >= 0.6 is 0 Å². The summed E-state index contributed by atoms with van der Waals surface area (Å²) in [7, 11) is 1.61. The predicted octanol–water partition coefficient (Wildman–Crippen LogP) is 4.35. The van der Waals surface area contributed by atoms with E-state index in [0.717, 1.165) is 41.6 Å². The van der Waals surface area contributed by atoms with Crippen LogP contribution in [-0.4, -0.2) is 52.6 Å². The fourth-order valence-corrected chi connectivity index (χ4v) is 5.44. The summed E-state index contributed by atoms with van der Waals surface area (Å²) in [6, 6.07) is 12.0. The number of benzene rings is 1. The standard InChI is InChI=1S/C26H29FN4O3/c1-34-19-7-5-17(6-8-19)26(12-3-2-4-13-26)25(33)31-16-18(27)15-22(31)24(32)30-23-10-9-20-21(29-23)11-14-28-20/h5-11,14,18,22,28H,2-4,12-13,15-16H2,1H3,(H,29,30,32)/t18-,22-/m1/s1. The highest BCUT2D eigenvalue weighted by atomic mass is 19.1. The number of ether oxygens (including phenoxy) is 1. The number of nitrogens with one attached hydrogen (secondary N) is 2. The van der Waals surface area contributed by atoms with Gasteiger partial charge in [0.2, 0.25) is 11.8 Å². The molecule has 0 bridgehead atoms. The minimum absolute atomic E-state index is 0.0112. The number of rotatable bonds is 5. The Morgan fingerprint density at radius 1 is 1.12 bits per heavy atom. The number of likely N-dealkylation sites (tertiary alicyclic amines) is 1. The van der Waals surface area contributed by atoms with E-state index in [1.807, 2.05) is 36.4 Å². The van der Waals surface area contributed by atoms with Crippen LogP contribution in [0.5, 0.6) is 5.75 Å². The maximum atomic E-state index is 14.6. The Morgan fingerprint density at radius 2 is 1.88 bits per heavy atom. The van der Waals surface area contributed by atoms with Crippen molar-refractivity contribution in [1.29, 1.82) is 0 Å². The van der Waals surface area contributed by atoms with Gasteiger partial charge in [-0.3, -0.25) is 9.59 Å². The van der Waals surface area contributed by atoms with E-state index in [-0.39, 0.29) is 18.9 Å². The molecule has 8 heteroatoms. The molecular formula is C26H29FN4O3. The van der Waals surface area contributed by atoms with Crippen molar-refractivity contribution >= 4 is 28.7 Å². The number of carbonyl (C=O) groups is 2. The summed E-state index contributed by atoms with van der Waals surface area (Å²) in [6.07, 6.45) is 4.80. The van der Waals surface area contributed by atoms with Crippen LogP contribution < -0.4 is 10.1 Å². The molecule has 34 heavy (non-hydrogen) atoms. The largest absolute Gasteiger partial charge is 0.497 e. The summed E-state index contributed by atoms with van der Waals surface area (Å²) in [4.78, 5) is 36.2. The first-order valence-corrected chi connectivity index (χ1v) is 11.8. The van der Waals surface area contributed by atoms with E-state index in [1.165, 1.54) is 4.90 Å². The number of alkyl halides is 1. The number of pyridine rings is 1. The average molecular weight is 465 g/mol. The monoisotopic (exact) mass is 464 g/mol. The maximum Gasteiger partial charge on any atom is 0.248 e. The molecule has 5 rings (SSSR count). The summed E-state index contributed by atoms with van der Waals surface area (Å²) in [5.41, 5.74) is 1.73. The summed E-state index contributed by atoms with van der Waals surface area (Å²) in [6.45, 7) is -0.0703. The number of amides is 2. The molecule has 3 aromatic rings. The fourth-order valence-electron chi connectivity index (χ4n) is 5.44. The number of anilines is 1. The predicted molar refractivity (Wildman–Crippen MR) is 127 cm³/mol. The second-order valence-electron chi connectivity index (χ2n) is 9.27. The van der Waals surface area contributed by atoms with E-state index in [9.17, 15) is 14.0 Å². The number of methoxy groups -OCH3 is 1. The Morgan fingerprint density at radius 3 is 2.62 bits per heavy atom. The molecule has 1 saturated carbocycles. The van der Waals surface area contributed by atoms with Gasteiger partial charge in [-0.15, -0.1) is 0 Å². The fraction of sp³-hybridized carbons (Fsp3) is 0.423. The molecule has 2 aliphatic rings. The molecule has 1 aliphatic heterocycles. The van der Waals surface area contributed by atoms with Crippen LogP contribution in [0.1, 0.15) is 44.1 Å². The molecule has 3 heterocycles. The summed E-state index contributed by atoms with van der Waals surface area (Å²) < 4.78 is 19.9. The molecule has 178 valence electrons. The third kappa shape index (κ3) is 4.02. The van der Waals surface area contributed by atoms with E-state index >= 15 is 0 Å². The first kappa shape index (κ1) is 22.4. The van der Waals surface area contributed by atoms with Gasteiger partial charge in [-0.1, -0.05) is 31.4 Å². The third-order valence-electron chi connectivity index (χ3n) is 7.23. The zero-order chi connectivity index (χ0) is 23.7. The lowest BCUT2D eigenvalue weighted by atomic mass is 9.68. The van der Waals surface area contributed by atoms with Crippen molar-refractivity contribution in [3.63, 3.8) is 0 Å². The van der Waals surface area contributed by atoms with Gasteiger partial charge < -0.3 is 19.9 Å². The van der Waals surface area contributed by atoms with Gasteiger partial charge in [-0.2, -0.15) is 0 Å². The summed E-state index contributed by atoms with van der Waals surface area (Å²) >= 11 is 0. The topological polar surface area (TPSA) is 87.3 Å². The van der Waals surface area contributed by atoms with Crippen LogP contribution in [0.2, 0.25) is 0 Å². The molecule has 1 aromatic carbocycles. The van der Waals surface area contributed by atoms with Crippen molar-refractivity contribution in [2.24, 2.45) is 0 Å². The van der Waals surface area contributed by atoms with Crippen molar-refractivity contribution < 1.29 is 18.7 Å². The Labute approximate surface area is 197 Å². The Hall–Kier alpha value is -3.42. The Bertz CT molecular complexity index is 1190. The highest BCUT2D eigenvalue weighted by Crippen LogP contribution is 2.43. The molecule has 7 nitrogen and oxygen atoms in total. The molecule has 1 aliphatic carbocycles. The van der Waals surface area contributed by atoms with Crippen molar-refractivity contribution in [2.75, 3.05) is 19.0 Å². The second kappa shape index (κ2) is 9.08. The van der Waals surface area contributed by atoms with Crippen molar-refractivity contribution in [1.82, 2.24) is 14.9 Å². The van der Waals surface area contributed by atoms with Gasteiger partial charge in [-0.25, -0.2) is 9.37 Å². The third-order valence-corrected chi connectivity index (χ3v) is 7.23. The van der Waals surface area contributed by atoms with Crippen LogP contribution in [-0.2, 0) is 15.0 Å². The molecule has 2 fully saturated rings. The van der Waals surface area contributed by atoms with E-state index in [2.05, 4.69) is 15.3 Å². The second-order valence-corrected chi connectivity index (χ2v) is 9.27. The number of hydrogen-bond donors (Lipinski definition) is 2. The lowest BCUT2D eigenvalue weighted by Crippen LogP contribution is -2.52. The number of carbonyl (C=O) groups excluding carboxylic acids is 2. The van der Waals surface area contributed by atoms with Gasteiger partial charge in [0, 0.05) is 12.6 Å². The highest BCUT2D eigenvalue weighted by molar-refractivity contribution is 5.99. The van der Waals surface area contributed by atoms with Crippen molar-refractivity contribution in [3.05, 3.63) is 54.2 Å². The van der Waals surface area contributed by atoms with Crippen LogP contribution in [0.25, 0.3) is 11.0 Å². The first-order chi connectivity index (χ1) is 16.5. The van der Waals surface area contributed by atoms with Crippen molar-refractivity contribution in [2.45, 2.75) is 56.2 Å². The zero-order valence-electron chi connectivity index (χ0n) is 19.2. The van der Waals surface area contributed by atoms with E-state index in [4.69, 9.17) is 4.74 Å². The summed E-state index contributed by atoms with van der Waals surface area (Å²) in [5, 5.41) is 2.80. The van der Waals surface area contributed by atoms with E-state index in [0.29, 0.717) is 18.7 Å². The van der Waals surface area contributed by atoms with Gasteiger partial charge in [0.1, 0.15) is 23.8 Å². The minimum atomic E-state index is -1.24. The number of aromatic nitrogens is 2. The zero-order valence-corrected chi connectivity index (χ0v) is 19.2. The average Bonchev–Trinajstić information content (AvgIpc) is 3.50. The Balaban J connectivity index is 1.41. The Kier molecular flexibility index (Phi) is 5.98. The molecule has 2 aromatic heterocycles.